The van der Waals surface area contributed by atoms with Crippen LogP contribution in [0.5, 0.6) is 0 Å². The van der Waals surface area contributed by atoms with Gasteiger partial charge in [0.05, 0.1) is 0 Å². The van der Waals surface area contributed by atoms with Crippen LogP contribution in [0.4, 0.5) is 0 Å². The van der Waals surface area contributed by atoms with E-state index in [1.165, 1.54) is 171 Å². The summed E-state index contributed by atoms with van der Waals surface area (Å²) < 4.78 is 13.6. The van der Waals surface area contributed by atoms with Crippen molar-refractivity contribution in [3.8, 4) is 0 Å². The van der Waals surface area contributed by atoms with Crippen molar-refractivity contribution in [2.75, 3.05) is 0 Å². The van der Waals surface area contributed by atoms with Gasteiger partial charge in [-0.3, -0.25) is 0 Å². The second-order valence-corrected chi connectivity index (χ2v) is 72.5. The van der Waals surface area contributed by atoms with Crippen molar-refractivity contribution in [1.82, 2.24) is 15.0 Å². The van der Waals surface area contributed by atoms with Gasteiger partial charge in [0, 0.05) is 0 Å². The van der Waals surface area contributed by atoms with Crippen LogP contribution >= 0.6 is 26.8 Å². The zero-order valence-corrected chi connectivity index (χ0v) is 44.7. The van der Waals surface area contributed by atoms with Crippen molar-refractivity contribution in [2.24, 2.45) is 0 Å². The third kappa shape index (κ3) is 19.7. The molecule has 0 spiro atoms. The fraction of sp³-hybridized carbons (Fsp3) is 0.923. The predicted octanol–water partition coefficient (Wildman–Crippen LogP) is 16.2. The molecule has 282 valence electrons. The summed E-state index contributed by atoms with van der Waals surface area (Å²) in [7, 11) is 6.93. The third-order valence-corrected chi connectivity index (χ3v) is 73.4. The first-order chi connectivity index (χ1) is 23.3. The van der Waals surface area contributed by atoms with E-state index in [0.717, 1.165) is 0 Å². The monoisotopic (exact) mass is 1050 g/mol. The molecular weight excluding hydrogens is 963 g/mol. The maximum atomic E-state index is 5.59. The first kappa shape index (κ1) is 48.5. The summed E-state index contributed by atoms with van der Waals surface area (Å²) in [6, 6.07) is 0. The van der Waals surface area contributed by atoms with E-state index in [4.69, 9.17) is 15.0 Å². The molecule has 0 saturated heterocycles. The third-order valence-electron chi connectivity index (χ3n) is 10.4. The van der Waals surface area contributed by atoms with Crippen LogP contribution in [0.2, 0.25) is 39.9 Å². The molecule has 48 heavy (non-hydrogen) atoms. The maximum absolute atomic E-state index is 5.59. The van der Waals surface area contributed by atoms with Gasteiger partial charge in [-0.15, -0.1) is 0 Å². The topological polar surface area (TPSA) is 38.7 Å². The summed E-state index contributed by atoms with van der Waals surface area (Å²) in [6.45, 7) is 21.6. The van der Waals surface area contributed by atoms with E-state index in [0.29, 0.717) is 0 Å². The number of unbranched alkanes of at least 4 members (excludes halogenated alkanes) is 9. The van der Waals surface area contributed by atoms with Crippen LogP contribution in [-0.2, 0) is 0 Å². The Labute approximate surface area is 322 Å². The summed E-state index contributed by atoms with van der Waals surface area (Å²) in [4.78, 5) is 16.8. The zero-order chi connectivity index (χ0) is 35.6. The quantitative estimate of drug-likeness (QED) is 0.0653. The van der Waals surface area contributed by atoms with Crippen molar-refractivity contribution in [3.05, 3.63) is 0 Å². The average molecular weight is 1040 g/mol. The van der Waals surface area contributed by atoms with Gasteiger partial charge in [0.15, 0.2) is 0 Å². The van der Waals surface area contributed by atoms with Gasteiger partial charge >= 0.3 is 326 Å². The predicted molar refractivity (Wildman–Crippen MR) is 232 cm³/mol. The van der Waals surface area contributed by atoms with E-state index in [9.17, 15) is 0 Å². The van der Waals surface area contributed by atoms with Crippen molar-refractivity contribution in [2.45, 2.75) is 233 Å². The fourth-order valence-electron chi connectivity index (χ4n) is 7.11. The SMILES string of the molecule is CCC[CH2][Sn]([CH2]CCC)([CH2]CCC)[S]c1nc([S][Sn]([CH2]CCC)([CH2]CCC)[CH2]CCC)nc([S][Sn]([CH2]CCC)([CH2]CCC)[CH2]CCC)n1. The van der Waals surface area contributed by atoms with Crippen LogP contribution in [-0.4, -0.2) is 65.9 Å². The van der Waals surface area contributed by atoms with Gasteiger partial charge in [0.1, 0.15) is 0 Å². The van der Waals surface area contributed by atoms with Crippen LogP contribution in [0.1, 0.15) is 178 Å². The molecule has 1 heterocycles. The molecule has 0 bridgehead atoms. The molecule has 1 aromatic heterocycles. The molecular formula is C39H81N3S3Sn3. The van der Waals surface area contributed by atoms with Crippen molar-refractivity contribution in [1.29, 1.82) is 0 Å². The van der Waals surface area contributed by atoms with Crippen LogP contribution < -0.4 is 0 Å². The van der Waals surface area contributed by atoms with E-state index in [1.807, 2.05) is 0 Å². The van der Waals surface area contributed by atoms with Gasteiger partial charge in [-0.2, -0.15) is 0 Å². The van der Waals surface area contributed by atoms with Crippen LogP contribution in [0.15, 0.2) is 15.5 Å². The van der Waals surface area contributed by atoms with Gasteiger partial charge < -0.3 is 0 Å². The normalized spacial score (nSPS) is 12.7. The van der Waals surface area contributed by atoms with Crippen molar-refractivity contribution < 1.29 is 0 Å². The van der Waals surface area contributed by atoms with Gasteiger partial charge in [-0.05, 0) is 0 Å². The molecule has 3 nitrogen and oxygen atoms in total. The number of hydrogen-bond acceptors (Lipinski definition) is 6. The minimum absolute atomic E-state index is 1.18. The molecule has 0 aliphatic rings. The van der Waals surface area contributed by atoms with Crippen LogP contribution in [0, 0.1) is 0 Å². The Hall–Kier alpha value is 2.46. The molecule has 0 unspecified atom stereocenters. The number of aromatic nitrogens is 3. The minimum atomic E-state index is -2.56. The number of hydrogen-bond donors (Lipinski definition) is 0. The van der Waals surface area contributed by atoms with Gasteiger partial charge in [-0.25, -0.2) is 0 Å². The number of nitrogens with zero attached hydrogens (tertiary/aromatic N) is 3. The standard InChI is InChI=1S/9C4H9.C3H3N3S3.3Sn/c9*1-3-4-2;7-1-4-2(8)6-3(9)5-1;;;/h9*1,3-4H2,2H3;(H3,4,5,6,7,8,9);;;/q;;;;;;;;;;3*+1/p-3. The van der Waals surface area contributed by atoms with E-state index < -0.39 is 51.0 Å². The molecule has 0 aromatic carbocycles. The molecule has 9 heteroatoms. The Morgan fingerprint density at radius 2 is 0.438 bits per heavy atom. The van der Waals surface area contributed by atoms with Crippen LogP contribution in [0.25, 0.3) is 0 Å². The molecule has 0 radical (unpaired) electrons. The summed E-state index contributed by atoms with van der Waals surface area (Å²) >= 11 is -7.69. The Kier molecular flexibility index (Phi) is 30.1. The molecule has 0 saturated carbocycles. The molecule has 1 aromatic rings. The second-order valence-electron chi connectivity index (χ2n) is 15.0. The summed E-state index contributed by atoms with van der Waals surface area (Å²) in [5, 5.41) is 3.53. The van der Waals surface area contributed by atoms with Gasteiger partial charge in [0.25, 0.3) is 0 Å². The van der Waals surface area contributed by atoms with E-state index in [-0.39, 0.29) is 0 Å². The Morgan fingerprint density at radius 3 is 0.562 bits per heavy atom. The van der Waals surface area contributed by atoms with E-state index in [1.54, 1.807) is 0 Å². The Morgan fingerprint density at radius 1 is 0.292 bits per heavy atom. The molecule has 0 N–H and O–H groups in total. The van der Waals surface area contributed by atoms with Crippen LogP contribution in [0.3, 0.4) is 0 Å². The van der Waals surface area contributed by atoms with Crippen molar-refractivity contribution in [3.63, 3.8) is 0 Å². The molecule has 1 rings (SSSR count). The van der Waals surface area contributed by atoms with E-state index >= 15 is 0 Å². The first-order valence-electron chi connectivity index (χ1n) is 21.1. The summed E-state index contributed by atoms with van der Waals surface area (Å²) in [5.74, 6) is 0. The van der Waals surface area contributed by atoms with E-state index in [2.05, 4.69) is 89.2 Å². The first-order valence-corrected chi connectivity index (χ1v) is 52.2. The zero-order valence-electron chi connectivity index (χ0n) is 33.7. The second kappa shape index (κ2) is 29.8. The summed E-state index contributed by atoms with van der Waals surface area (Å²) in [6.07, 6.45) is 24.5. The molecule has 0 aliphatic carbocycles. The number of rotatable bonds is 33. The Bertz CT molecular complexity index is 732. The average Bonchev–Trinajstić information content (AvgIpc) is 3.09. The van der Waals surface area contributed by atoms with Gasteiger partial charge in [-0.1, -0.05) is 0 Å². The van der Waals surface area contributed by atoms with Crippen molar-refractivity contribution >= 4 is 77.8 Å². The molecule has 0 amide bonds. The molecule has 0 aliphatic heterocycles. The molecule has 0 fully saturated rings. The molecule has 0 atom stereocenters. The summed E-state index contributed by atoms with van der Waals surface area (Å²) in [5.41, 5.74) is 0. The van der Waals surface area contributed by atoms with Gasteiger partial charge in [0.2, 0.25) is 0 Å². The fourth-order valence-corrected chi connectivity index (χ4v) is 71.1. The Balaban J connectivity index is 3.87.